The molecule has 23 heavy (non-hydrogen) atoms. The summed E-state index contributed by atoms with van der Waals surface area (Å²) < 4.78 is 29.2. The van der Waals surface area contributed by atoms with E-state index >= 15 is 0 Å². The van der Waals surface area contributed by atoms with E-state index in [2.05, 4.69) is 35.2 Å². The molecule has 0 amide bonds. The molecular weight excluding hydrogens is 332 g/mol. The van der Waals surface area contributed by atoms with Crippen molar-refractivity contribution in [1.82, 2.24) is 29.9 Å². The van der Waals surface area contributed by atoms with Crippen LogP contribution in [0.15, 0.2) is 18.6 Å². The summed E-state index contributed by atoms with van der Waals surface area (Å²) in [6.07, 6.45) is 0.426. The Labute approximate surface area is 133 Å². The van der Waals surface area contributed by atoms with Gasteiger partial charge in [0, 0.05) is 6.20 Å². The number of fused-ring (bicyclic) bond motifs is 1. The van der Waals surface area contributed by atoms with Crippen LogP contribution in [0.3, 0.4) is 0 Å². The molecular formula is C12H10ClF2N7O. The zero-order valence-corrected chi connectivity index (χ0v) is 12.3. The SMILES string of the molecule is FC(F)COc1nc2c(NCc3ccncn3)nc(Cl)nc2[nH]1. The number of hydrogen-bond acceptors (Lipinski definition) is 7. The molecule has 0 saturated carbocycles. The molecule has 120 valence electrons. The number of H-pyrrole nitrogens is 1. The van der Waals surface area contributed by atoms with E-state index in [0.717, 1.165) is 5.69 Å². The van der Waals surface area contributed by atoms with Gasteiger partial charge in [0.1, 0.15) is 6.33 Å². The average molecular weight is 342 g/mol. The normalized spacial score (nSPS) is 11.1. The van der Waals surface area contributed by atoms with Gasteiger partial charge in [-0.25, -0.2) is 18.7 Å². The minimum atomic E-state index is -2.60. The Balaban J connectivity index is 1.83. The summed E-state index contributed by atoms with van der Waals surface area (Å²) >= 11 is 5.85. The van der Waals surface area contributed by atoms with Gasteiger partial charge in [-0.05, 0) is 17.7 Å². The Hall–Kier alpha value is -2.62. The molecule has 3 aromatic rings. The molecule has 0 atom stereocenters. The third-order valence-corrected chi connectivity index (χ3v) is 2.89. The van der Waals surface area contributed by atoms with E-state index < -0.39 is 13.0 Å². The van der Waals surface area contributed by atoms with Crippen molar-refractivity contribution >= 4 is 28.6 Å². The molecule has 0 unspecified atom stereocenters. The van der Waals surface area contributed by atoms with Gasteiger partial charge in [-0.15, -0.1) is 0 Å². The van der Waals surface area contributed by atoms with E-state index in [1.54, 1.807) is 12.3 Å². The number of ether oxygens (including phenoxy) is 1. The number of halogens is 3. The summed E-state index contributed by atoms with van der Waals surface area (Å²) in [6, 6.07) is 1.65. The van der Waals surface area contributed by atoms with Crippen LogP contribution in [-0.4, -0.2) is 42.9 Å². The summed E-state index contributed by atoms with van der Waals surface area (Å²) in [4.78, 5) is 22.6. The number of rotatable bonds is 6. The first-order valence-electron chi connectivity index (χ1n) is 6.45. The van der Waals surface area contributed by atoms with E-state index in [1.807, 2.05) is 0 Å². The number of nitrogens with zero attached hydrogens (tertiary/aromatic N) is 5. The second-order valence-corrected chi connectivity index (χ2v) is 4.67. The minimum Gasteiger partial charge on any atom is -0.459 e. The maximum atomic E-state index is 12.2. The Kier molecular flexibility index (Phi) is 4.42. The van der Waals surface area contributed by atoms with Crippen LogP contribution in [0.1, 0.15) is 5.69 Å². The van der Waals surface area contributed by atoms with E-state index in [1.165, 1.54) is 6.33 Å². The number of nitrogens with one attached hydrogen (secondary N) is 2. The van der Waals surface area contributed by atoms with Crippen LogP contribution in [0, 0.1) is 0 Å². The molecule has 3 rings (SSSR count). The molecule has 3 heterocycles. The van der Waals surface area contributed by atoms with Crippen LogP contribution in [0.4, 0.5) is 14.6 Å². The van der Waals surface area contributed by atoms with Gasteiger partial charge in [0.15, 0.2) is 23.6 Å². The number of hydrogen-bond donors (Lipinski definition) is 2. The summed E-state index contributed by atoms with van der Waals surface area (Å²) in [7, 11) is 0. The highest BCUT2D eigenvalue weighted by Crippen LogP contribution is 2.23. The molecule has 0 aliphatic rings. The summed E-state index contributed by atoms with van der Waals surface area (Å²) in [5.41, 5.74) is 1.33. The second kappa shape index (κ2) is 6.65. The molecule has 0 spiro atoms. The molecule has 2 N–H and O–H groups in total. The average Bonchev–Trinajstić information content (AvgIpc) is 2.94. The third kappa shape index (κ3) is 3.77. The first-order chi connectivity index (χ1) is 11.1. The number of imidazole rings is 1. The van der Waals surface area contributed by atoms with Crippen molar-refractivity contribution in [1.29, 1.82) is 0 Å². The van der Waals surface area contributed by atoms with E-state index in [-0.39, 0.29) is 16.9 Å². The lowest BCUT2D eigenvalue weighted by atomic mass is 10.4. The Morgan fingerprint density at radius 1 is 1.30 bits per heavy atom. The maximum Gasteiger partial charge on any atom is 0.296 e. The summed E-state index contributed by atoms with van der Waals surface area (Å²) in [5.74, 6) is 0.335. The van der Waals surface area contributed by atoms with Gasteiger partial charge >= 0.3 is 0 Å². The van der Waals surface area contributed by atoms with Crippen LogP contribution < -0.4 is 10.1 Å². The van der Waals surface area contributed by atoms with Crippen LogP contribution >= 0.6 is 11.6 Å². The molecule has 0 aromatic carbocycles. The van der Waals surface area contributed by atoms with Gasteiger partial charge in [-0.3, -0.25) is 4.98 Å². The number of aromatic nitrogens is 6. The first-order valence-corrected chi connectivity index (χ1v) is 6.82. The van der Waals surface area contributed by atoms with Gasteiger partial charge in [-0.2, -0.15) is 15.0 Å². The van der Waals surface area contributed by atoms with Crippen LogP contribution in [-0.2, 0) is 6.54 Å². The topological polar surface area (TPSA) is 102 Å². The van der Waals surface area contributed by atoms with Crippen LogP contribution in [0.5, 0.6) is 6.01 Å². The predicted molar refractivity (Wildman–Crippen MR) is 77.6 cm³/mol. The monoisotopic (exact) mass is 341 g/mol. The highest BCUT2D eigenvalue weighted by atomic mass is 35.5. The smallest absolute Gasteiger partial charge is 0.296 e. The lowest BCUT2D eigenvalue weighted by Gasteiger charge is -2.05. The standard InChI is InChI=1S/C12H10ClF2N7O/c13-11-20-9(17-3-6-1-2-16-5-18-6)8-10(21-11)22-12(19-8)23-4-7(14)15/h1-2,5,7H,3-4H2,(H2,17,19,20,21,22). The van der Waals surface area contributed by atoms with Gasteiger partial charge < -0.3 is 10.1 Å². The molecule has 11 heteroatoms. The molecule has 3 aromatic heterocycles. The lowest BCUT2D eigenvalue weighted by molar-refractivity contribution is 0.0777. The lowest BCUT2D eigenvalue weighted by Crippen LogP contribution is -2.07. The van der Waals surface area contributed by atoms with Gasteiger partial charge in [0.25, 0.3) is 12.4 Å². The zero-order valence-electron chi connectivity index (χ0n) is 11.5. The maximum absolute atomic E-state index is 12.2. The molecule has 0 saturated heterocycles. The molecule has 0 fully saturated rings. The summed E-state index contributed by atoms with van der Waals surface area (Å²) in [6.45, 7) is -0.421. The minimum absolute atomic E-state index is 0.0215. The summed E-state index contributed by atoms with van der Waals surface area (Å²) in [5, 5.41) is 2.99. The number of alkyl halides is 2. The second-order valence-electron chi connectivity index (χ2n) is 4.34. The van der Waals surface area contributed by atoms with E-state index in [9.17, 15) is 8.78 Å². The predicted octanol–water partition coefficient (Wildman–Crippen LogP) is 2.05. The molecule has 0 aliphatic heterocycles. The largest absolute Gasteiger partial charge is 0.459 e. The van der Waals surface area contributed by atoms with Gasteiger partial charge in [0.2, 0.25) is 5.28 Å². The Morgan fingerprint density at radius 2 is 2.17 bits per heavy atom. The fourth-order valence-electron chi connectivity index (χ4n) is 1.78. The molecule has 0 radical (unpaired) electrons. The quantitative estimate of drug-likeness (QED) is 0.661. The number of aromatic amines is 1. The molecule has 0 aliphatic carbocycles. The fraction of sp³-hybridized carbons (Fsp3) is 0.250. The molecule has 8 nitrogen and oxygen atoms in total. The zero-order chi connectivity index (χ0) is 16.2. The van der Waals surface area contributed by atoms with Crippen molar-refractivity contribution in [3.8, 4) is 6.01 Å². The highest BCUT2D eigenvalue weighted by Gasteiger charge is 2.14. The van der Waals surface area contributed by atoms with Gasteiger partial charge in [0.05, 0.1) is 12.2 Å². The molecule has 0 bridgehead atoms. The Morgan fingerprint density at radius 3 is 2.91 bits per heavy atom. The third-order valence-electron chi connectivity index (χ3n) is 2.72. The van der Waals surface area contributed by atoms with Crippen molar-refractivity contribution < 1.29 is 13.5 Å². The van der Waals surface area contributed by atoms with Gasteiger partial charge in [-0.1, -0.05) is 0 Å². The van der Waals surface area contributed by atoms with Crippen molar-refractivity contribution in [2.45, 2.75) is 13.0 Å². The van der Waals surface area contributed by atoms with Crippen LogP contribution in [0.2, 0.25) is 5.28 Å². The van der Waals surface area contributed by atoms with Crippen molar-refractivity contribution in [3.05, 3.63) is 29.6 Å². The highest BCUT2D eigenvalue weighted by molar-refractivity contribution is 6.28. The van der Waals surface area contributed by atoms with Crippen molar-refractivity contribution in [2.24, 2.45) is 0 Å². The van der Waals surface area contributed by atoms with E-state index in [0.29, 0.717) is 17.9 Å². The number of anilines is 1. The van der Waals surface area contributed by atoms with Crippen molar-refractivity contribution in [3.63, 3.8) is 0 Å². The Bertz CT molecular complexity index is 799. The van der Waals surface area contributed by atoms with E-state index in [4.69, 9.17) is 16.3 Å². The fourth-order valence-corrected chi connectivity index (χ4v) is 1.95. The first kappa shape index (κ1) is 15.3. The van der Waals surface area contributed by atoms with Crippen LogP contribution in [0.25, 0.3) is 11.2 Å². The van der Waals surface area contributed by atoms with Crippen molar-refractivity contribution in [2.75, 3.05) is 11.9 Å².